The topological polar surface area (TPSA) is 0 Å². The Hall–Kier alpha value is -1.27. The summed E-state index contributed by atoms with van der Waals surface area (Å²) in [6, 6.07) is 11.8. The summed E-state index contributed by atoms with van der Waals surface area (Å²) in [5.74, 6) is 0.600. The predicted molar refractivity (Wildman–Crippen MR) is 134 cm³/mol. The van der Waals surface area contributed by atoms with Gasteiger partial charge in [0.25, 0.3) is 0 Å². The van der Waals surface area contributed by atoms with Crippen LogP contribution in [-0.4, -0.2) is 3.21 Å². The first kappa shape index (κ1) is 26.3. The molecule has 0 aromatic heterocycles. The van der Waals surface area contributed by atoms with Gasteiger partial charge in [-0.3, -0.25) is 0 Å². The molecule has 0 heterocycles. The summed E-state index contributed by atoms with van der Waals surface area (Å²) >= 11 is -2.17. The molecule has 0 bridgehead atoms. The molecule has 3 aliphatic carbocycles. The Morgan fingerprint density at radius 2 is 1.61 bits per heavy atom. The van der Waals surface area contributed by atoms with Crippen LogP contribution in [0.2, 0.25) is 0 Å². The minimum atomic E-state index is -2.17. The molecule has 0 nitrogen and oxygen atoms in total. The van der Waals surface area contributed by atoms with Gasteiger partial charge in [-0.1, -0.05) is 0 Å². The van der Waals surface area contributed by atoms with Gasteiger partial charge in [-0.15, -0.1) is 0 Å². The second kappa shape index (κ2) is 11.0. The number of rotatable bonds is 4. The van der Waals surface area contributed by atoms with Gasteiger partial charge in [0.05, 0.1) is 0 Å². The van der Waals surface area contributed by atoms with Crippen molar-refractivity contribution >= 4 is 18.6 Å². The van der Waals surface area contributed by atoms with E-state index in [4.69, 9.17) is 0 Å². The van der Waals surface area contributed by atoms with E-state index in [1.165, 1.54) is 65.5 Å². The normalized spacial score (nSPS) is 18.0. The van der Waals surface area contributed by atoms with Crippen molar-refractivity contribution in [3.05, 3.63) is 86.7 Å². The van der Waals surface area contributed by atoms with Gasteiger partial charge in [0.15, 0.2) is 0 Å². The number of hydrogen-bond donors (Lipinski definition) is 0. The van der Waals surface area contributed by atoms with Gasteiger partial charge in [0.1, 0.15) is 0 Å². The van der Waals surface area contributed by atoms with E-state index in [2.05, 4.69) is 75.6 Å². The molecule has 33 heavy (non-hydrogen) atoms. The van der Waals surface area contributed by atoms with Gasteiger partial charge in [-0.05, 0) is 0 Å². The number of halogens is 2. The van der Waals surface area contributed by atoms with Crippen LogP contribution in [-0.2, 0) is 27.7 Å². The smallest absolute Gasteiger partial charge is 1.00 e. The van der Waals surface area contributed by atoms with Crippen molar-refractivity contribution < 1.29 is 46.1 Å². The molecule has 0 radical (unpaired) electrons. The summed E-state index contributed by atoms with van der Waals surface area (Å²) in [6.07, 6.45) is 17.1. The maximum atomic E-state index is 4.16. The molecule has 5 rings (SSSR count). The Balaban J connectivity index is 0.00000153. The maximum Gasteiger partial charge on any atom is -1.00 e. The fraction of sp³-hybridized carbons (Fsp3) is 0.300. The molecule has 0 N–H and O–H groups in total. The summed E-state index contributed by atoms with van der Waals surface area (Å²) < 4.78 is 5.47. The second-order valence-electron chi connectivity index (χ2n) is 9.43. The monoisotopic (exact) mass is 552 g/mol. The molecule has 3 heteroatoms. The molecule has 0 spiro atoms. The Morgan fingerprint density at radius 1 is 0.909 bits per heavy atom. The average Bonchev–Trinajstić information content (AvgIpc) is 3.33. The molecule has 3 aliphatic rings. The largest absolute Gasteiger partial charge is 1.00 e. The van der Waals surface area contributed by atoms with Crippen LogP contribution in [0.1, 0.15) is 68.2 Å². The van der Waals surface area contributed by atoms with E-state index in [-0.39, 0.29) is 24.8 Å². The molecule has 1 unspecified atom stereocenters. The molecule has 1 atom stereocenters. The number of allylic oxidation sites excluding steroid dienone is 4. The van der Waals surface area contributed by atoms with E-state index in [1.54, 1.807) is 12.1 Å². The fourth-order valence-corrected chi connectivity index (χ4v) is 14.9. The van der Waals surface area contributed by atoms with Crippen molar-refractivity contribution in [3.63, 3.8) is 0 Å². The number of fused-ring (bicyclic) bond motifs is 3. The Kier molecular flexibility index (Phi) is 8.77. The molecule has 1 fully saturated rings. The van der Waals surface area contributed by atoms with Gasteiger partial charge >= 0.3 is 196 Å². The molecule has 2 aromatic rings. The first-order valence-corrected chi connectivity index (χ1v) is 15.5. The quantitative estimate of drug-likeness (QED) is 0.458. The summed E-state index contributed by atoms with van der Waals surface area (Å²) in [5, 5.41) is 0. The number of benzene rings is 2. The summed E-state index contributed by atoms with van der Waals surface area (Å²) in [5.41, 5.74) is 9.93. The summed E-state index contributed by atoms with van der Waals surface area (Å²) in [6.45, 7) is 12.9. The van der Waals surface area contributed by atoms with E-state index >= 15 is 0 Å². The van der Waals surface area contributed by atoms with Gasteiger partial charge in [-0.2, -0.15) is 0 Å². The average molecular weight is 555 g/mol. The van der Waals surface area contributed by atoms with Crippen LogP contribution < -0.4 is 28.1 Å². The van der Waals surface area contributed by atoms with Crippen LogP contribution in [0.5, 0.6) is 0 Å². The first-order valence-electron chi connectivity index (χ1n) is 11.8. The second-order valence-corrected chi connectivity index (χ2v) is 15.8. The van der Waals surface area contributed by atoms with Crippen molar-refractivity contribution in [2.24, 2.45) is 5.92 Å². The van der Waals surface area contributed by atoms with Gasteiger partial charge in [0, 0.05) is 0 Å². The molecule has 0 aliphatic heterocycles. The fourth-order valence-electron chi connectivity index (χ4n) is 5.77. The molecule has 2 aromatic carbocycles. The van der Waals surface area contributed by atoms with Crippen molar-refractivity contribution in [2.45, 2.75) is 52.4 Å². The summed E-state index contributed by atoms with van der Waals surface area (Å²) in [4.78, 5) is 0. The molecular formula is C30H32Cl2Zr. The van der Waals surface area contributed by atoms with Crippen LogP contribution >= 0.6 is 0 Å². The van der Waals surface area contributed by atoms with Gasteiger partial charge in [-0.25, -0.2) is 0 Å². The molecular weight excluding hydrogens is 522 g/mol. The van der Waals surface area contributed by atoms with Gasteiger partial charge < -0.3 is 24.8 Å². The molecule has 0 amide bonds. The third kappa shape index (κ3) is 4.93. The zero-order valence-electron chi connectivity index (χ0n) is 19.7. The van der Waals surface area contributed by atoms with E-state index in [0.717, 1.165) is 6.42 Å². The van der Waals surface area contributed by atoms with E-state index < -0.39 is 21.3 Å². The Labute approximate surface area is 219 Å². The Morgan fingerprint density at radius 3 is 2.24 bits per heavy atom. The van der Waals surface area contributed by atoms with Crippen molar-refractivity contribution in [2.75, 3.05) is 0 Å². The maximum absolute atomic E-state index is 4.16. The van der Waals surface area contributed by atoms with Crippen molar-refractivity contribution in [1.82, 2.24) is 0 Å². The zero-order valence-corrected chi connectivity index (χ0v) is 23.7. The van der Waals surface area contributed by atoms with Crippen LogP contribution in [0.15, 0.2) is 64.5 Å². The molecule has 170 valence electrons. The first-order chi connectivity index (χ1) is 15.1. The number of hydrogen-bond acceptors (Lipinski definition) is 0. The zero-order chi connectivity index (χ0) is 21.5. The minimum Gasteiger partial charge on any atom is -1.00 e. The van der Waals surface area contributed by atoms with Gasteiger partial charge in [0.2, 0.25) is 0 Å². The van der Waals surface area contributed by atoms with E-state index in [0.29, 0.717) is 5.92 Å². The minimum absolute atomic E-state index is 0. The molecule has 1 saturated carbocycles. The summed E-state index contributed by atoms with van der Waals surface area (Å²) in [7, 11) is 0. The SMILES string of the molecule is C=Cc1ccc2c(c1)-c1cc(C=C)c[c]([Zr+2]([C]3=CC(C)=CC3C)=[C]3CCCCC3)c1C2.[Cl-].[Cl-]. The third-order valence-corrected chi connectivity index (χ3v) is 15.6. The standard InChI is InChI=1S/C17H13.C7H9.C6H10.2ClH.Zr/c1-3-12-5-7-14-11-15-8-6-13(4-2)10-17(15)16(14)9-12;1-6-3-4-7(2)5-6;1-2-4-6-5-3-1;;;/h3-7,9-10H,1-2,11H2;3,5,7H,1-2H3;1-5H2;2*1H;/q;;;;;+2/p-2. The van der Waals surface area contributed by atoms with E-state index in [1.807, 2.05) is 9.28 Å². The third-order valence-electron chi connectivity index (χ3n) is 7.29. The molecule has 0 saturated heterocycles. The van der Waals surface area contributed by atoms with Crippen molar-refractivity contribution in [3.8, 4) is 11.1 Å². The van der Waals surface area contributed by atoms with Crippen LogP contribution in [0, 0.1) is 5.92 Å². The predicted octanol–water partition coefficient (Wildman–Crippen LogP) is 1.41. The Bertz CT molecular complexity index is 1190. The van der Waals surface area contributed by atoms with Crippen molar-refractivity contribution in [1.29, 1.82) is 0 Å². The van der Waals surface area contributed by atoms with Crippen LogP contribution in [0.4, 0.5) is 0 Å². The van der Waals surface area contributed by atoms with Crippen LogP contribution in [0.3, 0.4) is 0 Å². The van der Waals surface area contributed by atoms with E-state index in [9.17, 15) is 0 Å². The van der Waals surface area contributed by atoms with Crippen LogP contribution in [0.25, 0.3) is 23.3 Å².